The summed E-state index contributed by atoms with van der Waals surface area (Å²) in [5, 5.41) is 2.29. The highest BCUT2D eigenvalue weighted by molar-refractivity contribution is 6.93. The van der Waals surface area contributed by atoms with Crippen LogP contribution in [0.3, 0.4) is 0 Å². The molecule has 3 aliphatic rings. The van der Waals surface area contributed by atoms with Gasteiger partial charge in [0.25, 0.3) is 0 Å². The number of fused-ring (bicyclic) bond motifs is 8. The lowest BCUT2D eigenvalue weighted by Gasteiger charge is -2.48. The van der Waals surface area contributed by atoms with E-state index in [1.54, 1.807) is 0 Å². The summed E-state index contributed by atoms with van der Waals surface area (Å²) in [4.78, 5) is 5.33. The van der Waals surface area contributed by atoms with Gasteiger partial charge in [-0.3, -0.25) is 0 Å². The predicted octanol–water partition coefficient (Wildman–Crippen LogP) is 16.2. The number of nitrogens with zero attached hydrogens (tertiary/aromatic N) is 2. The predicted molar refractivity (Wildman–Crippen MR) is 284 cm³/mol. The second kappa shape index (κ2) is 14.3. The Morgan fingerprint density at radius 2 is 1.08 bits per heavy atom. The van der Waals surface area contributed by atoms with Crippen LogP contribution in [0.5, 0.6) is 0 Å². The molecule has 8 aromatic rings. The van der Waals surface area contributed by atoms with E-state index in [1.165, 1.54) is 78.1 Å². The maximum Gasteiger partial charge on any atom is 0.333 e. The average Bonchev–Trinajstić information content (AvgIpc) is 3.63. The SMILES string of the molecule is CC(C)(C)c1ccc(N2B3c4cc5c(cc4N(c4ccc(C(C)(C)C)cc4-c4ccccc4)c4cc(C(C)(C)C)cc(c43)-c3cc4c(cc32)C(C)(C)CCC4(C)C)oc2ccccc25)cc1. The molecule has 1 aliphatic carbocycles. The van der Waals surface area contributed by atoms with Crippen molar-refractivity contribution in [3.8, 4) is 22.3 Å². The topological polar surface area (TPSA) is 19.6 Å². The molecule has 0 radical (unpaired) electrons. The summed E-state index contributed by atoms with van der Waals surface area (Å²) in [6, 6.07) is 51.5. The zero-order chi connectivity index (χ0) is 46.5. The maximum absolute atomic E-state index is 6.83. The quantitative estimate of drug-likeness (QED) is 0.165. The number of benzene rings is 7. The van der Waals surface area contributed by atoms with Crippen molar-refractivity contribution >= 4 is 68.1 Å². The molecular weight excluding hydrogens is 800 g/mol. The zero-order valence-corrected chi connectivity index (χ0v) is 41.5. The molecule has 0 saturated heterocycles. The first kappa shape index (κ1) is 42.6. The van der Waals surface area contributed by atoms with Crippen molar-refractivity contribution in [2.24, 2.45) is 0 Å². The van der Waals surface area contributed by atoms with Crippen LogP contribution in [0.25, 0.3) is 44.2 Å². The summed E-state index contributed by atoms with van der Waals surface area (Å²) in [5.41, 5.74) is 22.4. The van der Waals surface area contributed by atoms with E-state index in [4.69, 9.17) is 4.42 Å². The number of furan rings is 1. The Labute approximate surface area is 394 Å². The maximum atomic E-state index is 6.83. The summed E-state index contributed by atoms with van der Waals surface area (Å²) in [6.07, 6.45) is 2.32. The van der Waals surface area contributed by atoms with E-state index in [0.717, 1.165) is 46.2 Å². The molecule has 0 atom stereocenters. The molecule has 2 aliphatic heterocycles. The van der Waals surface area contributed by atoms with Crippen molar-refractivity contribution in [3.63, 3.8) is 0 Å². The highest BCUT2D eigenvalue weighted by atomic mass is 16.3. The van der Waals surface area contributed by atoms with Crippen LogP contribution in [0.4, 0.5) is 28.4 Å². The summed E-state index contributed by atoms with van der Waals surface area (Å²) >= 11 is 0. The van der Waals surface area contributed by atoms with Gasteiger partial charge < -0.3 is 14.1 Å². The minimum absolute atomic E-state index is 0.0288. The first-order chi connectivity index (χ1) is 31.1. The molecule has 0 N–H and O–H groups in total. The second-order valence-corrected chi connectivity index (χ2v) is 24.1. The first-order valence-electron chi connectivity index (χ1n) is 24.3. The van der Waals surface area contributed by atoms with E-state index in [-0.39, 0.29) is 33.9 Å². The lowest BCUT2D eigenvalue weighted by atomic mass is 9.43. The molecule has 0 unspecified atom stereocenters. The van der Waals surface area contributed by atoms with Gasteiger partial charge in [0.1, 0.15) is 11.2 Å². The van der Waals surface area contributed by atoms with Crippen LogP contribution in [0.15, 0.2) is 138 Å². The standard InChI is InChI=1S/C62H65BN2O/c1-58(2,3)39-23-26-42(27-24-39)65-52-36-49-48(61(10,11)29-30-62(49,12)13)34-45(52)47-32-41(60(7,8)9)33-54-57(47)63(65)50-35-46-43-21-17-18-22-55(43)66-56(46)37-53(50)64(54)51-28-25-40(59(4,5)6)31-44(51)38-19-15-14-16-20-38/h14-28,31-37H,29-30H2,1-13H3. The minimum atomic E-state index is -0.131. The molecule has 11 rings (SSSR count). The molecule has 4 heteroatoms. The van der Waals surface area contributed by atoms with Crippen molar-refractivity contribution in [1.29, 1.82) is 0 Å². The van der Waals surface area contributed by atoms with Gasteiger partial charge in [-0.1, -0.05) is 169 Å². The van der Waals surface area contributed by atoms with Crippen molar-refractivity contribution in [3.05, 3.63) is 161 Å². The minimum Gasteiger partial charge on any atom is -0.456 e. The van der Waals surface area contributed by atoms with Gasteiger partial charge in [-0.05, 0) is 138 Å². The van der Waals surface area contributed by atoms with Gasteiger partial charge >= 0.3 is 6.85 Å². The van der Waals surface area contributed by atoms with Crippen molar-refractivity contribution < 1.29 is 4.42 Å². The molecule has 0 bridgehead atoms. The number of anilines is 5. The molecule has 0 spiro atoms. The second-order valence-electron chi connectivity index (χ2n) is 24.1. The zero-order valence-electron chi connectivity index (χ0n) is 41.5. The van der Waals surface area contributed by atoms with Gasteiger partial charge in [0, 0.05) is 50.7 Å². The van der Waals surface area contributed by atoms with Gasteiger partial charge in [-0.25, -0.2) is 0 Å². The van der Waals surface area contributed by atoms with Gasteiger partial charge in [0.15, 0.2) is 0 Å². The van der Waals surface area contributed by atoms with E-state index in [0.29, 0.717) is 0 Å². The smallest absolute Gasteiger partial charge is 0.333 e. The van der Waals surface area contributed by atoms with Crippen LogP contribution >= 0.6 is 0 Å². The van der Waals surface area contributed by atoms with Crippen LogP contribution in [0.2, 0.25) is 0 Å². The monoisotopic (exact) mass is 865 g/mol. The van der Waals surface area contributed by atoms with Crippen LogP contribution in [0.1, 0.15) is 131 Å². The molecular formula is C62H65BN2O. The molecule has 66 heavy (non-hydrogen) atoms. The fourth-order valence-electron chi connectivity index (χ4n) is 11.4. The lowest BCUT2D eigenvalue weighted by Crippen LogP contribution is -2.61. The summed E-state index contributed by atoms with van der Waals surface area (Å²) in [6.45, 7) is 30.7. The van der Waals surface area contributed by atoms with Gasteiger partial charge in [0.05, 0.1) is 5.69 Å². The number of hydrogen-bond acceptors (Lipinski definition) is 3. The van der Waals surface area contributed by atoms with E-state index in [1.807, 2.05) is 0 Å². The molecule has 3 nitrogen and oxygen atoms in total. The van der Waals surface area contributed by atoms with Crippen LogP contribution in [-0.2, 0) is 27.1 Å². The van der Waals surface area contributed by atoms with E-state index in [9.17, 15) is 0 Å². The normalized spacial score (nSPS) is 16.3. The Bertz CT molecular complexity index is 3260. The highest BCUT2D eigenvalue weighted by Gasteiger charge is 2.48. The van der Waals surface area contributed by atoms with E-state index < -0.39 is 0 Å². The van der Waals surface area contributed by atoms with Crippen molar-refractivity contribution in [2.75, 3.05) is 9.71 Å². The molecule has 1 aromatic heterocycles. The van der Waals surface area contributed by atoms with Crippen LogP contribution in [-0.4, -0.2) is 6.85 Å². The van der Waals surface area contributed by atoms with Gasteiger partial charge in [0.2, 0.25) is 0 Å². The fourth-order valence-corrected chi connectivity index (χ4v) is 11.4. The Hall–Kier alpha value is -6.00. The first-order valence-corrected chi connectivity index (χ1v) is 24.3. The van der Waals surface area contributed by atoms with E-state index in [2.05, 4.69) is 233 Å². The molecule has 3 heterocycles. The lowest BCUT2D eigenvalue weighted by molar-refractivity contribution is 0.332. The van der Waals surface area contributed by atoms with E-state index >= 15 is 0 Å². The third-order valence-electron chi connectivity index (χ3n) is 15.6. The van der Waals surface area contributed by atoms with Crippen LogP contribution < -0.4 is 20.6 Å². The van der Waals surface area contributed by atoms with Crippen molar-refractivity contribution in [1.82, 2.24) is 0 Å². The molecule has 0 amide bonds. The molecule has 0 fully saturated rings. The average molecular weight is 865 g/mol. The third-order valence-corrected chi connectivity index (χ3v) is 15.6. The number of rotatable bonds is 3. The number of para-hydroxylation sites is 1. The summed E-state index contributed by atoms with van der Waals surface area (Å²) < 4.78 is 6.83. The largest absolute Gasteiger partial charge is 0.456 e. The summed E-state index contributed by atoms with van der Waals surface area (Å²) in [5.74, 6) is 0. The fraction of sp³-hybridized carbons (Fsp3) is 0.323. The Kier molecular flexibility index (Phi) is 9.21. The Morgan fingerprint density at radius 3 is 1.74 bits per heavy atom. The molecule has 0 saturated carbocycles. The van der Waals surface area contributed by atoms with Gasteiger partial charge in [-0.2, -0.15) is 0 Å². The van der Waals surface area contributed by atoms with Crippen LogP contribution in [0, 0.1) is 0 Å². The third kappa shape index (κ3) is 6.60. The Balaban J connectivity index is 1.32. The Morgan fingerprint density at radius 1 is 0.470 bits per heavy atom. The molecule has 332 valence electrons. The molecule has 7 aromatic carbocycles. The highest BCUT2D eigenvalue weighted by Crippen LogP contribution is 2.55. The number of hydrogen-bond donors (Lipinski definition) is 0. The van der Waals surface area contributed by atoms with Gasteiger partial charge in [-0.15, -0.1) is 0 Å². The summed E-state index contributed by atoms with van der Waals surface area (Å²) in [7, 11) is 0. The van der Waals surface area contributed by atoms with Crippen molar-refractivity contribution in [2.45, 2.75) is 130 Å².